The first kappa shape index (κ1) is 16.8. The molecular weight excluding hydrogens is 291 g/mol. The first-order chi connectivity index (χ1) is 9.18. The molecule has 0 bridgehead atoms. The molecular formula is C13H18F3NO2S. The average Bonchev–Trinajstić information content (AvgIpc) is 2.33. The maximum Gasteiger partial charge on any atom is 0.416 e. The molecule has 0 unspecified atom stereocenters. The molecule has 1 aromatic carbocycles. The van der Waals surface area contributed by atoms with Gasteiger partial charge in [0.2, 0.25) is 0 Å². The van der Waals surface area contributed by atoms with Crippen LogP contribution in [0.15, 0.2) is 23.1 Å². The highest BCUT2D eigenvalue weighted by Gasteiger charge is 2.32. The first-order valence-corrected chi connectivity index (χ1v) is 8.03. The van der Waals surface area contributed by atoms with Gasteiger partial charge in [0.1, 0.15) is 0 Å². The molecule has 0 spiro atoms. The zero-order valence-electron chi connectivity index (χ0n) is 11.2. The van der Waals surface area contributed by atoms with Gasteiger partial charge in [0.25, 0.3) is 0 Å². The number of halogens is 3. The van der Waals surface area contributed by atoms with Crippen LogP contribution >= 0.6 is 0 Å². The number of rotatable bonds is 6. The van der Waals surface area contributed by atoms with Gasteiger partial charge < -0.3 is 5.73 Å². The summed E-state index contributed by atoms with van der Waals surface area (Å²) in [5.74, 6) is -0.182. The van der Waals surface area contributed by atoms with Crippen molar-refractivity contribution >= 4 is 15.5 Å². The molecule has 0 saturated heterocycles. The van der Waals surface area contributed by atoms with Crippen molar-refractivity contribution in [3.63, 3.8) is 0 Å². The summed E-state index contributed by atoms with van der Waals surface area (Å²) < 4.78 is 61.9. The van der Waals surface area contributed by atoms with Crippen molar-refractivity contribution in [1.82, 2.24) is 0 Å². The lowest BCUT2D eigenvalue weighted by Crippen LogP contribution is -2.12. The highest BCUT2D eigenvalue weighted by atomic mass is 32.2. The van der Waals surface area contributed by atoms with Gasteiger partial charge in [-0.25, -0.2) is 8.42 Å². The van der Waals surface area contributed by atoms with Crippen LogP contribution in [-0.2, 0) is 16.0 Å². The fraction of sp³-hybridized carbons (Fsp3) is 0.538. The lowest BCUT2D eigenvalue weighted by atomic mass is 10.2. The number of benzene rings is 1. The minimum Gasteiger partial charge on any atom is -0.398 e. The lowest BCUT2D eigenvalue weighted by molar-refractivity contribution is -0.137. The summed E-state index contributed by atoms with van der Waals surface area (Å²) in [7, 11) is -3.78. The summed E-state index contributed by atoms with van der Waals surface area (Å²) in [6.45, 7) is 1.99. The molecule has 114 valence electrons. The summed E-state index contributed by atoms with van der Waals surface area (Å²) in [5, 5.41) is 0. The van der Waals surface area contributed by atoms with Crippen molar-refractivity contribution < 1.29 is 21.6 Å². The van der Waals surface area contributed by atoms with Crippen LogP contribution in [0, 0.1) is 0 Å². The van der Waals surface area contributed by atoms with Crippen LogP contribution < -0.4 is 5.73 Å². The number of nitrogen functional groups attached to an aromatic ring is 1. The van der Waals surface area contributed by atoms with E-state index in [2.05, 4.69) is 0 Å². The van der Waals surface area contributed by atoms with Crippen LogP contribution in [0.2, 0.25) is 0 Å². The molecule has 0 aromatic heterocycles. The molecule has 0 heterocycles. The Morgan fingerprint density at radius 2 is 1.80 bits per heavy atom. The van der Waals surface area contributed by atoms with E-state index in [-0.39, 0.29) is 11.4 Å². The smallest absolute Gasteiger partial charge is 0.398 e. The number of hydrogen-bond donors (Lipinski definition) is 1. The highest BCUT2D eigenvalue weighted by Crippen LogP contribution is 2.33. The number of unbranched alkanes of at least 4 members (excludes halogenated alkanes) is 3. The molecule has 1 aromatic rings. The normalized spacial score (nSPS) is 12.6. The van der Waals surface area contributed by atoms with Gasteiger partial charge in [0.15, 0.2) is 9.84 Å². The summed E-state index contributed by atoms with van der Waals surface area (Å²) in [5.41, 5.74) is 4.36. The van der Waals surface area contributed by atoms with Crippen molar-refractivity contribution in [3.05, 3.63) is 23.8 Å². The predicted octanol–water partition coefficient (Wildman–Crippen LogP) is 3.64. The molecule has 0 aliphatic rings. The minimum atomic E-state index is -4.58. The molecule has 1 rings (SSSR count). The number of alkyl halides is 3. The largest absolute Gasteiger partial charge is 0.416 e. The van der Waals surface area contributed by atoms with E-state index in [1.807, 2.05) is 6.92 Å². The Morgan fingerprint density at radius 3 is 2.35 bits per heavy atom. The van der Waals surface area contributed by atoms with Crippen molar-refractivity contribution in [3.8, 4) is 0 Å². The van der Waals surface area contributed by atoms with Gasteiger partial charge in [-0.1, -0.05) is 26.2 Å². The number of anilines is 1. The number of sulfone groups is 1. The number of nitrogens with two attached hydrogens (primary N) is 1. The topological polar surface area (TPSA) is 60.2 Å². The van der Waals surface area contributed by atoms with Crippen LogP contribution in [0.3, 0.4) is 0 Å². The fourth-order valence-corrected chi connectivity index (χ4v) is 3.35. The standard InChI is InChI=1S/C13H18F3NO2S/c1-2-3-4-5-8-20(18,19)12-9-10(13(14,15)16)6-7-11(12)17/h6-7,9H,2-5,8,17H2,1H3. The minimum absolute atomic E-state index is 0.145. The quantitative estimate of drug-likeness (QED) is 0.644. The molecule has 7 heteroatoms. The molecule has 2 N–H and O–H groups in total. The summed E-state index contributed by atoms with van der Waals surface area (Å²) in [6, 6.07) is 2.39. The second-order valence-electron chi connectivity index (χ2n) is 4.63. The van der Waals surface area contributed by atoms with Crippen molar-refractivity contribution in [2.45, 2.75) is 43.7 Å². The van der Waals surface area contributed by atoms with Gasteiger partial charge in [-0.3, -0.25) is 0 Å². The monoisotopic (exact) mass is 309 g/mol. The molecule has 0 radical (unpaired) electrons. The Balaban J connectivity index is 2.99. The Hall–Kier alpha value is -1.24. The third kappa shape index (κ3) is 4.40. The van der Waals surface area contributed by atoms with E-state index in [1.54, 1.807) is 0 Å². The number of hydrogen-bond acceptors (Lipinski definition) is 3. The Labute approximate surface area is 116 Å². The maximum absolute atomic E-state index is 12.6. The van der Waals surface area contributed by atoms with Gasteiger partial charge in [-0.05, 0) is 24.6 Å². The molecule has 3 nitrogen and oxygen atoms in total. The summed E-state index contributed by atoms with van der Waals surface area (Å²) >= 11 is 0. The summed E-state index contributed by atoms with van der Waals surface area (Å²) in [6.07, 6.45) is -1.58. The zero-order valence-corrected chi connectivity index (χ0v) is 12.0. The molecule has 20 heavy (non-hydrogen) atoms. The molecule has 0 saturated carbocycles. The van der Waals surface area contributed by atoms with E-state index >= 15 is 0 Å². The van der Waals surface area contributed by atoms with Crippen LogP contribution in [0.25, 0.3) is 0 Å². The van der Waals surface area contributed by atoms with Crippen molar-refractivity contribution in [2.24, 2.45) is 0 Å². The Bertz CT molecular complexity index is 553. The lowest BCUT2D eigenvalue weighted by Gasteiger charge is -2.11. The van der Waals surface area contributed by atoms with Gasteiger partial charge in [-0.15, -0.1) is 0 Å². The summed E-state index contributed by atoms with van der Waals surface area (Å²) in [4.78, 5) is -0.427. The van der Waals surface area contributed by atoms with Crippen LogP contribution in [-0.4, -0.2) is 14.2 Å². The second kappa shape index (κ2) is 6.47. The van der Waals surface area contributed by atoms with Crippen LogP contribution in [0.1, 0.15) is 38.2 Å². The van der Waals surface area contributed by atoms with E-state index < -0.39 is 26.5 Å². The molecule has 0 amide bonds. The van der Waals surface area contributed by atoms with Gasteiger partial charge in [0, 0.05) is 0 Å². The predicted molar refractivity (Wildman–Crippen MR) is 72.1 cm³/mol. The van der Waals surface area contributed by atoms with Crippen molar-refractivity contribution in [2.75, 3.05) is 11.5 Å². The van der Waals surface area contributed by atoms with Gasteiger partial charge in [0.05, 0.1) is 21.9 Å². The van der Waals surface area contributed by atoms with Crippen LogP contribution in [0.4, 0.5) is 18.9 Å². The third-order valence-corrected chi connectivity index (χ3v) is 4.79. The zero-order chi connectivity index (χ0) is 15.4. The fourth-order valence-electron chi connectivity index (χ4n) is 1.81. The van der Waals surface area contributed by atoms with Crippen molar-refractivity contribution in [1.29, 1.82) is 0 Å². The third-order valence-electron chi connectivity index (χ3n) is 2.94. The van der Waals surface area contributed by atoms with Crippen LogP contribution in [0.5, 0.6) is 0 Å². The SMILES string of the molecule is CCCCCCS(=O)(=O)c1cc(C(F)(F)F)ccc1N. The van der Waals surface area contributed by atoms with E-state index in [1.165, 1.54) is 0 Å². The maximum atomic E-state index is 12.6. The Kier molecular flexibility index (Phi) is 5.44. The van der Waals surface area contributed by atoms with Gasteiger partial charge in [-0.2, -0.15) is 13.2 Å². The average molecular weight is 309 g/mol. The van der Waals surface area contributed by atoms with E-state index in [4.69, 9.17) is 5.73 Å². The highest BCUT2D eigenvalue weighted by molar-refractivity contribution is 7.91. The molecule has 0 fully saturated rings. The molecule has 0 aliphatic carbocycles. The van der Waals surface area contributed by atoms with E-state index in [9.17, 15) is 21.6 Å². The Morgan fingerprint density at radius 1 is 1.15 bits per heavy atom. The molecule has 0 atom stereocenters. The first-order valence-electron chi connectivity index (χ1n) is 6.38. The van der Waals surface area contributed by atoms with E-state index in [0.717, 1.165) is 31.4 Å². The van der Waals surface area contributed by atoms with E-state index in [0.29, 0.717) is 12.5 Å². The van der Waals surface area contributed by atoms with Gasteiger partial charge >= 0.3 is 6.18 Å². The molecule has 0 aliphatic heterocycles. The second-order valence-corrected chi connectivity index (χ2v) is 6.71.